The van der Waals surface area contributed by atoms with Crippen molar-refractivity contribution < 1.29 is 14.3 Å². The summed E-state index contributed by atoms with van der Waals surface area (Å²) >= 11 is 5.70. The second kappa shape index (κ2) is 6.72. The van der Waals surface area contributed by atoms with Crippen molar-refractivity contribution in [2.24, 2.45) is 0 Å². The van der Waals surface area contributed by atoms with E-state index in [1.807, 2.05) is 43.9 Å². The predicted molar refractivity (Wildman–Crippen MR) is 108 cm³/mol. The number of carbonyl (C=O) groups is 2. The van der Waals surface area contributed by atoms with Gasteiger partial charge in [0.25, 0.3) is 5.91 Å². The SMILES string of the molecule is CC(C)(C)OC(=O)N1CCN(C(=O)c2c(Br)cccc2I)C2(CC2)C1. The molecular weight excluding hydrogens is 499 g/mol. The third kappa shape index (κ3) is 3.97. The Bertz CT molecular complexity index is 693. The van der Waals surface area contributed by atoms with E-state index in [0.29, 0.717) is 25.2 Å². The van der Waals surface area contributed by atoms with E-state index in [-0.39, 0.29) is 17.5 Å². The summed E-state index contributed by atoms with van der Waals surface area (Å²) in [5.74, 6) is 0.0400. The van der Waals surface area contributed by atoms with Crippen molar-refractivity contribution in [1.82, 2.24) is 9.80 Å². The van der Waals surface area contributed by atoms with Crippen molar-refractivity contribution in [2.75, 3.05) is 19.6 Å². The maximum atomic E-state index is 13.2. The third-order valence-electron chi connectivity index (χ3n) is 4.55. The van der Waals surface area contributed by atoms with Gasteiger partial charge in [-0.2, -0.15) is 0 Å². The van der Waals surface area contributed by atoms with Crippen LogP contribution < -0.4 is 0 Å². The predicted octanol–water partition coefficient (Wildman–Crippen LogP) is 4.28. The van der Waals surface area contributed by atoms with E-state index in [2.05, 4.69) is 38.5 Å². The molecule has 0 bridgehead atoms. The molecule has 3 rings (SSSR count). The molecule has 1 spiro atoms. The molecule has 0 atom stereocenters. The molecule has 0 N–H and O–H groups in total. The molecule has 136 valence electrons. The largest absolute Gasteiger partial charge is 0.444 e. The van der Waals surface area contributed by atoms with Crippen molar-refractivity contribution in [3.05, 3.63) is 31.8 Å². The number of halogens is 2. The van der Waals surface area contributed by atoms with Gasteiger partial charge in [-0.25, -0.2) is 4.79 Å². The fourth-order valence-corrected chi connectivity index (χ4v) is 4.82. The van der Waals surface area contributed by atoms with Gasteiger partial charge in [0.15, 0.2) is 0 Å². The highest BCUT2D eigenvalue weighted by Crippen LogP contribution is 2.45. The number of ether oxygens (including phenoxy) is 1. The number of benzene rings is 1. The van der Waals surface area contributed by atoms with Gasteiger partial charge in [-0.3, -0.25) is 4.79 Å². The zero-order valence-corrected chi connectivity index (χ0v) is 18.4. The molecule has 1 heterocycles. The lowest BCUT2D eigenvalue weighted by molar-refractivity contribution is 0.000587. The monoisotopic (exact) mass is 520 g/mol. The van der Waals surface area contributed by atoms with Crippen molar-refractivity contribution >= 4 is 50.5 Å². The molecule has 1 aliphatic carbocycles. The molecule has 2 amide bonds. The zero-order valence-electron chi connectivity index (χ0n) is 14.6. The maximum Gasteiger partial charge on any atom is 0.410 e. The summed E-state index contributed by atoms with van der Waals surface area (Å²) in [6.45, 7) is 7.19. The standard InChI is InChI=1S/C18H22BrIN2O3/c1-17(2,3)25-16(24)21-9-10-22(18(11-21)7-8-18)15(23)14-12(19)5-4-6-13(14)20/h4-6H,7-11H2,1-3H3. The van der Waals surface area contributed by atoms with Gasteiger partial charge in [0.2, 0.25) is 0 Å². The van der Waals surface area contributed by atoms with Crippen LogP contribution in [0.1, 0.15) is 44.0 Å². The molecule has 2 fully saturated rings. The number of piperazine rings is 1. The topological polar surface area (TPSA) is 49.9 Å². The molecule has 1 saturated carbocycles. The minimum absolute atomic E-state index is 0.0400. The first-order chi connectivity index (χ1) is 11.6. The lowest BCUT2D eigenvalue weighted by atomic mass is 10.1. The number of nitrogens with zero attached hydrogens (tertiary/aromatic N) is 2. The minimum atomic E-state index is -0.508. The average Bonchev–Trinajstić information content (AvgIpc) is 3.24. The van der Waals surface area contributed by atoms with Crippen LogP contribution in [0.3, 0.4) is 0 Å². The fourth-order valence-electron chi connectivity index (χ4n) is 3.19. The molecule has 25 heavy (non-hydrogen) atoms. The third-order valence-corrected chi connectivity index (χ3v) is 6.11. The molecule has 2 aliphatic rings. The molecule has 1 aromatic carbocycles. The van der Waals surface area contributed by atoms with Crippen LogP contribution in [0.25, 0.3) is 0 Å². The van der Waals surface area contributed by atoms with Crippen LogP contribution in [0.5, 0.6) is 0 Å². The van der Waals surface area contributed by atoms with E-state index in [1.54, 1.807) is 4.90 Å². The van der Waals surface area contributed by atoms with Crippen molar-refractivity contribution in [3.63, 3.8) is 0 Å². The van der Waals surface area contributed by atoms with E-state index in [4.69, 9.17) is 4.74 Å². The van der Waals surface area contributed by atoms with E-state index in [0.717, 1.165) is 20.9 Å². The van der Waals surface area contributed by atoms with Gasteiger partial charge >= 0.3 is 6.09 Å². The van der Waals surface area contributed by atoms with Crippen molar-refractivity contribution in [2.45, 2.75) is 44.8 Å². The highest BCUT2D eigenvalue weighted by molar-refractivity contribution is 14.1. The molecule has 1 aliphatic heterocycles. The van der Waals surface area contributed by atoms with Crippen LogP contribution in [0.2, 0.25) is 0 Å². The smallest absolute Gasteiger partial charge is 0.410 e. The zero-order chi connectivity index (χ0) is 18.4. The Balaban J connectivity index is 1.77. The molecular formula is C18H22BrIN2O3. The summed E-state index contributed by atoms with van der Waals surface area (Å²) in [7, 11) is 0. The van der Waals surface area contributed by atoms with Crippen LogP contribution in [-0.2, 0) is 4.74 Å². The average molecular weight is 521 g/mol. The quantitative estimate of drug-likeness (QED) is 0.519. The van der Waals surface area contributed by atoms with Gasteiger partial charge in [-0.15, -0.1) is 0 Å². The van der Waals surface area contributed by atoms with Gasteiger partial charge in [0.1, 0.15) is 5.60 Å². The van der Waals surface area contributed by atoms with Crippen molar-refractivity contribution in [1.29, 1.82) is 0 Å². The minimum Gasteiger partial charge on any atom is -0.444 e. The highest BCUT2D eigenvalue weighted by Gasteiger charge is 2.54. The Morgan fingerprint density at radius 3 is 2.48 bits per heavy atom. The number of hydrogen-bond donors (Lipinski definition) is 0. The highest BCUT2D eigenvalue weighted by atomic mass is 127. The van der Waals surface area contributed by atoms with Crippen LogP contribution in [-0.4, -0.2) is 52.6 Å². The summed E-state index contributed by atoms with van der Waals surface area (Å²) in [6, 6.07) is 5.76. The van der Waals surface area contributed by atoms with E-state index in [1.165, 1.54) is 0 Å². The molecule has 7 heteroatoms. The summed E-state index contributed by atoms with van der Waals surface area (Å²) in [4.78, 5) is 29.2. The molecule has 0 unspecified atom stereocenters. The first-order valence-electron chi connectivity index (χ1n) is 8.37. The number of carbonyl (C=O) groups excluding carboxylic acids is 2. The lowest BCUT2D eigenvalue weighted by Gasteiger charge is -2.42. The molecule has 5 nitrogen and oxygen atoms in total. The first-order valence-corrected chi connectivity index (χ1v) is 10.2. The lowest BCUT2D eigenvalue weighted by Crippen LogP contribution is -2.58. The summed E-state index contributed by atoms with van der Waals surface area (Å²) < 4.78 is 7.24. The van der Waals surface area contributed by atoms with E-state index in [9.17, 15) is 9.59 Å². The Kier molecular flexibility index (Phi) is 5.09. The number of amides is 2. The maximum absolute atomic E-state index is 13.2. The van der Waals surface area contributed by atoms with E-state index < -0.39 is 5.60 Å². The Morgan fingerprint density at radius 2 is 1.92 bits per heavy atom. The normalized spacial score (nSPS) is 19.1. The van der Waals surface area contributed by atoms with Gasteiger partial charge in [0, 0.05) is 27.7 Å². The molecule has 1 saturated heterocycles. The van der Waals surface area contributed by atoms with E-state index >= 15 is 0 Å². The van der Waals surface area contributed by atoms with Gasteiger partial charge in [0.05, 0.1) is 11.1 Å². The summed E-state index contributed by atoms with van der Waals surface area (Å²) in [5.41, 5.74) is -0.0313. The Labute approximate surface area is 170 Å². The molecule has 0 radical (unpaired) electrons. The summed E-state index contributed by atoms with van der Waals surface area (Å²) in [5, 5.41) is 0. The van der Waals surface area contributed by atoms with Gasteiger partial charge in [-0.05, 0) is 84.3 Å². The van der Waals surface area contributed by atoms with Crippen LogP contribution in [0, 0.1) is 3.57 Å². The first kappa shape index (κ1) is 18.9. The van der Waals surface area contributed by atoms with Gasteiger partial charge < -0.3 is 14.5 Å². The van der Waals surface area contributed by atoms with Crippen LogP contribution >= 0.6 is 38.5 Å². The second-order valence-corrected chi connectivity index (χ2v) is 9.70. The Hall–Kier alpha value is -0.830. The van der Waals surface area contributed by atoms with Gasteiger partial charge in [-0.1, -0.05) is 6.07 Å². The second-order valence-electron chi connectivity index (χ2n) is 7.68. The Morgan fingerprint density at radius 1 is 1.24 bits per heavy atom. The molecule has 1 aromatic rings. The van der Waals surface area contributed by atoms with Crippen LogP contribution in [0.4, 0.5) is 4.79 Å². The number of rotatable bonds is 1. The molecule has 0 aromatic heterocycles. The van der Waals surface area contributed by atoms with Crippen molar-refractivity contribution in [3.8, 4) is 0 Å². The van der Waals surface area contributed by atoms with Crippen LogP contribution in [0.15, 0.2) is 22.7 Å². The summed E-state index contributed by atoms with van der Waals surface area (Å²) in [6.07, 6.45) is 1.57. The number of hydrogen-bond acceptors (Lipinski definition) is 3. The fraction of sp³-hybridized carbons (Fsp3) is 0.556.